The molecule has 0 aliphatic heterocycles. The first-order chi connectivity index (χ1) is 8.58. The van der Waals surface area contributed by atoms with Gasteiger partial charge in [0.05, 0.1) is 23.6 Å². The average Bonchev–Trinajstić information content (AvgIpc) is 2.84. The van der Waals surface area contributed by atoms with Gasteiger partial charge >= 0.3 is 0 Å². The molecule has 2 rings (SSSR count). The Morgan fingerprint density at radius 3 is 3.00 bits per heavy atom. The smallest absolute Gasteiger partial charge is 0.256 e. The van der Waals surface area contributed by atoms with Gasteiger partial charge in [0, 0.05) is 25.4 Å². The molecule has 0 spiro atoms. The third-order valence-electron chi connectivity index (χ3n) is 2.45. The molecule has 6 nitrogen and oxygen atoms in total. The summed E-state index contributed by atoms with van der Waals surface area (Å²) in [6, 6.07) is 1.46. The van der Waals surface area contributed by atoms with Gasteiger partial charge in [-0.15, -0.1) is 0 Å². The number of halogens is 1. The van der Waals surface area contributed by atoms with Crippen LogP contribution < -0.4 is 5.73 Å². The molecular weight excluding hydrogens is 254 g/mol. The van der Waals surface area contributed by atoms with Gasteiger partial charge in [0.2, 0.25) is 0 Å². The summed E-state index contributed by atoms with van der Waals surface area (Å²) >= 11 is 5.76. The standard InChI is InChI=1S/C11H12ClN5O/c1-17(6-7-3-15-16-4-7)11(18)8-2-10(12)14-5-9(8)13/h2-5H,6,13H2,1H3,(H,15,16). The predicted molar refractivity (Wildman–Crippen MR) is 68.0 cm³/mol. The first kappa shape index (κ1) is 12.4. The second-order valence-electron chi connectivity index (χ2n) is 3.86. The zero-order valence-electron chi connectivity index (χ0n) is 9.72. The lowest BCUT2D eigenvalue weighted by Crippen LogP contribution is -2.26. The van der Waals surface area contributed by atoms with Crippen LogP contribution in [0.25, 0.3) is 0 Å². The molecule has 0 radical (unpaired) electrons. The Bertz CT molecular complexity index is 555. The number of carbonyl (C=O) groups is 1. The summed E-state index contributed by atoms with van der Waals surface area (Å²) in [6.07, 6.45) is 4.76. The lowest BCUT2D eigenvalue weighted by Gasteiger charge is -2.17. The van der Waals surface area contributed by atoms with Crippen molar-refractivity contribution < 1.29 is 4.79 Å². The van der Waals surface area contributed by atoms with Crippen LogP contribution in [0.4, 0.5) is 5.69 Å². The summed E-state index contributed by atoms with van der Waals surface area (Å²) in [6.45, 7) is 0.439. The number of rotatable bonds is 3. The van der Waals surface area contributed by atoms with E-state index in [-0.39, 0.29) is 11.1 Å². The van der Waals surface area contributed by atoms with Gasteiger partial charge in [-0.25, -0.2) is 4.98 Å². The van der Waals surface area contributed by atoms with E-state index < -0.39 is 0 Å². The number of nitrogens with one attached hydrogen (secondary N) is 1. The van der Waals surface area contributed by atoms with E-state index >= 15 is 0 Å². The zero-order chi connectivity index (χ0) is 13.1. The van der Waals surface area contributed by atoms with Crippen LogP contribution in [0, 0.1) is 0 Å². The Hall–Kier alpha value is -2.08. The third-order valence-corrected chi connectivity index (χ3v) is 2.66. The van der Waals surface area contributed by atoms with Crippen LogP contribution in [-0.4, -0.2) is 33.0 Å². The number of amides is 1. The van der Waals surface area contributed by atoms with Crippen molar-refractivity contribution in [2.75, 3.05) is 12.8 Å². The highest BCUT2D eigenvalue weighted by Gasteiger charge is 2.16. The van der Waals surface area contributed by atoms with Crippen LogP contribution >= 0.6 is 11.6 Å². The van der Waals surface area contributed by atoms with Crippen LogP contribution in [-0.2, 0) is 6.54 Å². The molecule has 7 heteroatoms. The minimum Gasteiger partial charge on any atom is -0.397 e. The molecule has 0 saturated carbocycles. The number of hydrogen-bond acceptors (Lipinski definition) is 4. The SMILES string of the molecule is CN(Cc1cn[nH]c1)C(=O)c1cc(Cl)ncc1N. The van der Waals surface area contributed by atoms with Crippen LogP contribution in [0.1, 0.15) is 15.9 Å². The van der Waals surface area contributed by atoms with Crippen LogP contribution in [0.15, 0.2) is 24.7 Å². The number of H-pyrrole nitrogens is 1. The van der Waals surface area contributed by atoms with Gasteiger partial charge in [-0.05, 0) is 6.07 Å². The van der Waals surface area contributed by atoms with Gasteiger partial charge in [0.15, 0.2) is 0 Å². The van der Waals surface area contributed by atoms with Crippen molar-refractivity contribution >= 4 is 23.2 Å². The van der Waals surface area contributed by atoms with Crippen molar-refractivity contribution in [3.05, 3.63) is 40.9 Å². The molecule has 0 atom stereocenters. The van der Waals surface area contributed by atoms with Crippen molar-refractivity contribution in [3.8, 4) is 0 Å². The molecule has 2 aromatic heterocycles. The Morgan fingerprint density at radius 2 is 2.33 bits per heavy atom. The molecule has 2 aromatic rings. The fourth-order valence-corrected chi connectivity index (χ4v) is 1.70. The van der Waals surface area contributed by atoms with Crippen molar-refractivity contribution in [1.82, 2.24) is 20.1 Å². The molecule has 2 heterocycles. The maximum atomic E-state index is 12.2. The summed E-state index contributed by atoms with van der Waals surface area (Å²) in [7, 11) is 1.68. The van der Waals surface area contributed by atoms with Gasteiger partial charge in [0.25, 0.3) is 5.91 Å². The summed E-state index contributed by atoms with van der Waals surface area (Å²) < 4.78 is 0. The minimum absolute atomic E-state index is 0.210. The maximum Gasteiger partial charge on any atom is 0.256 e. The predicted octanol–water partition coefficient (Wildman–Crippen LogP) is 1.31. The Morgan fingerprint density at radius 1 is 1.56 bits per heavy atom. The fraction of sp³-hybridized carbons (Fsp3) is 0.182. The van der Waals surface area contributed by atoms with Gasteiger partial charge in [-0.1, -0.05) is 11.6 Å². The molecule has 0 bridgehead atoms. The van der Waals surface area contributed by atoms with E-state index in [0.29, 0.717) is 17.8 Å². The van der Waals surface area contributed by atoms with Crippen LogP contribution in [0.3, 0.4) is 0 Å². The molecule has 18 heavy (non-hydrogen) atoms. The number of pyridine rings is 1. The van der Waals surface area contributed by atoms with Crippen molar-refractivity contribution in [1.29, 1.82) is 0 Å². The molecule has 0 aromatic carbocycles. The van der Waals surface area contributed by atoms with Gasteiger partial charge < -0.3 is 10.6 Å². The van der Waals surface area contributed by atoms with E-state index in [1.54, 1.807) is 19.4 Å². The number of anilines is 1. The monoisotopic (exact) mass is 265 g/mol. The first-order valence-electron chi connectivity index (χ1n) is 5.22. The number of nitrogens with two attached hydrogens (primary N) is 1. The highest BCUT2D eigenvalue weighted by atomic mass is 35.5. The Kier molecular flexibility index (Phi) is 3.47. The van der Waals surface area contributed by atoms with E-state index in [1.807, 2.05) is 0 Å². The molecule has 0 unspecified atom stereocenters. The molecule has 1 amide bonds. The summed E-state index contributed by atoms with van der Waals surface area (Å²) in [5, 5.41) is 6.75. The highest BCUT2D eigenvalue weighted by Crippen LogP contribution is 2.17. The molecule has 0 fully saturated rings. The number of nitrogens with zero attached hydrogens (tertiary/aromatic N) is 3. The Labute approximate surface area is 109 Å². The average molecular weight is 266 g/mol. The number of aromatic nitrogens is 3. The molecule has 0 aliphatic carbocycles. The number of aromatic amines is 1. The quantitative estimate of drug-likeness (QED) is 0.819. The normalized spacial score (nSPS) is 10.3. The van der Waals surface area contributed by atoms with E-state index in [9.17, 15) is 4.79 Å². The van der Waals surface area contributed by atoms with Crippen molar-refractivity contribution in [3.63, 3.8) is 0 Å². The van der Waals surface area contributed by atoms with E-state index in [4.69, 9.17) is 17.3 Å². The molecule has 94 valence electrons. The van der Waals surface area contributed by atoms with Crippen molar-refractivity contribution in [2.45, 2.75) is 6.54 Å². The van der Waals surface area contributed by atoms with E-state index in [2.05, 4.69) is 15.2 Å². The summed E-state index contributed by atoms with van der Waals surface area (Å²) in [5.74, 6) is -0.210. The number of nitrogen functional groups attached to an aromatic ring is 1. The summed E-state index contributed by atoms with van der Waals surface area (Å²) in [5.41, 5.74) is 7.28. The first-order valence-corrected chi connectivity index (χ1v) is 5.60. The van der Waals surface area contributed by atoms with Crippen LogP contribution in [0.5, 0.6) is 0 Å². The highest BCUT2D eigenvalue weighted by molar-refractivity contribution is 6.29. The lowest BCUT2D eigenvalue weighted by atomic mass is 10.2. The second-order valence-corrected chi connectivity index (χ2v) is 4.25. The van der Waals surface area contributed by atoms with Crippen molar-refractivity contribution in [2.24, 2.45) is 0 Å². The van der Waals surface area contributed by atoms with Gasteiger partial charge in [-0.2, -0.15) is 5.10 Å². The lowest BCUT2D eigenvalue weighted by molar-refractivity contribution is 0.0786. The number of hydrogen-bond donors (Lipinski definition) is 2. The molecule has 0 saturated heterocycles. The van der Waals surface area contributed by atoms with Crippen LogP contribution in [0.2, 0.25) is 5.15 Å². The third kappa shape index (κ3) is 2.60. The topological polar surface area (TPSA) is 87.9 Å². The summed E-state index contributed by atoms with van der Waals surface area (Å²) in [4.78, 5) is 17.5. The van der Waals surface area contributed by atoms with E-state index in [0.717, 1.165) is 5.56 Å². The van der Waals surface area contributed by atoms with Gasteiger partial charge in [-0.3, -0.25) is 9.89 Å². The molecular formula is C11H12ClN5O. The largest absolute Gasteiger partial charge is 0.397 e. The molecule has 0 aliphatic rings. The Balaban J connectivity index is 2.17. The zero-order valence-corrected chi connectivity index (χ0v) is 10.5. The minimum atomic E-state index is -0.210. The maximum absolute atomic E-state index is 12.2. The number of carbonyl (C=O) groups excluding carboxylic acids is 1. The molecule has 3 N–H and O–H groups in total. The fourth-order valence-electron chi connectivity index (χ4n) is 1.54. The van der Waals surface area contributed by atoms with E-state index in [1.165, 1.54) is 17.2 Å². The second kappa shape index (κ2) is 5.05. The van der Waals surface area contributed by atoms with Gasteiger partial charge in [0.1, 0.15) is 5.15 Å².